The second kappa shape index (κ2) is 6.43. The van der Waals surface area contributed by atoms with E-state index in [4.69, 9.17) is 38.4 Å². The molecule has 1 aliphatic heterocycles. The van der Waals surface area contributed by atoms with Gasteiger partial charge < -0.3 is 20.5 Å². The van der Waals surface area contributed by atoms with Crippen LogP contribution in [0.5, 0.6) is 0 Å². The maximum atomic E-state index is 12.0. The summed E-state index contributed by atoms with van der Waals surface area (Å²) in [5, 5.41) is 3.16. The summed E-state index contributed by atoms with van der Waals surface area (Å²) < 4.78 is 10.7. The first-order valence-corrected chi connectivity index (χ1v) is 6.55. The molecule has 0 saturated carbocycles. The minimum Gasteiger partial charge on any atom is -0.399 e. The monoisotopic (exact) mass is 304 g/mol. The lowest BCUT2D eigenvalue weighted by atomic mass is 10.2. The van der Waals surface area contributed by atoms with Gasteiger partial charge in [0.05, 0.1) is 41.5 Å². The Labute approximate surface area is 121 Å². The van der Waals surface area contributed by atoms with Crippen LogP contribution < -0.4 is 11.1 Å². The molecule has 104 valence electrons. The van der Waals surface area contributed by atoms with Crippen molar-refractivity contribution in [2.75, 3.05) is 32.1 Å². The molecule has 1 aliphatic rings. The number of nitrogen functional groups attached to an aromatic ring is 1. The van der Waals surface area contributed by atoms with E-state index in [9.17, 15) is 4.79 Å². The van der Waals surface area contributed by atoms with Crippen LogP contribution in [0.2, 0.25) is 10.0 Å². The van der Waals surface area contributed by atoms with Crippen molar-refractivity contribution < 1.29 is 14.3 Å². The fraction of sp³-hybridized carbons (Fsp3) is 0.417. The van der Waals surface area contributed by atoms with Crippen molar-refractivity contribution >= 4 is 34.8 Å². The quantitative estimate of drug-likeness (QED) is 0.834. The van der Waals surface area contributed by atoms with Crippen LogP contribution in [-0.4, -0.2) is 38.4 Å². The molecule has 19 heavy (non-hydrogen) atoms. The first-order valence-electron chi connectivity index (χ1n) is 5.80. The summed E-state index contributed by atoms with van der Waals surface area (Å²) in [5.41, 5.74) is 6.28. The van der Waals surface area contributed by atoms with Crippen LogP contribution >= 0.6 is 23.2 Å². The van der Waals surface area contributed by atoms with Crippen LogP contribution in [-0.2, 0) is 9.47 Å². The summed E-state index contributed by atoms with van der Waals surface area (Å²) in [6.07, 6.45) is -0.145. The summed E-state index contributed by atoms with van der Waals surface area (Å²) in [7, 11) is 0. The Morgan fingerprint density at radius 1 is 1.42 bits per heavy atom. The summed E-state index contributed by atoms with van der Waals surface area (Å²) in [5.74, 6) is -0.339. The van der Waals surface area contributed by atoms with E-state index in [0.717, 1.165) is 0 Å². The molecule has 1 atom stereocenters. The summed E-state index contributed by atoms with van der Waals surface area (Å²) >= 11 is 11.9. The third-order valence-corrected chi connectivity index (χ3v) is 3.47. The van der Waals surface area contributed by atoms with Crippen molar-refractivity contribution in [2.45, 2.75) is 6.10 Å². The first-order chi connectivity index (χ1) is 9.08. The Kier molecular flexibility index (Phi) is 4.87. The van der Waals surface area contributed by atoms with Crippen molar-refractivity contribution in [1.29, 1.82) is 0 Å². The highest BCUT2D eigenvalue weighted by Crippen LogP contribution is 2.28. The minimum absolute atomic E-state index is 0.145. The van der Waals surface area contributed by atoms with Gasteiger partial charge in [0.25, 0.3) is 5.91 Å². The lowest BCUT2D eigenvalue weighted by Crippen LogP contribution is -2.39. The maximum absolute atomic E-state index is 12.0. The van der Waals surface area contributed by atoms with Gasteiger partial charge in [0, 0.05) is 12.2 Å². The molecule has 0 aromatic heterocycles. The molecular weight excluding hydrogens is 291 g/mol. The Morgan fingerprint density at radius 3 is 2.89 bits per heavy atom. The molecule has 1 fully saturated rings. The van der Waals surface area contributed by atoms with Gasteiger partial charge in [0.2, 0.25) is 0 Å². The third-order valence-electron chi connectivity index (χ3n) is 2.67. The van der Waals surface area contributed by atoms with E-state index >= 15 is 0 Å². The number of anilines is 1. The number of rotatable bonds is 3. The highest BCUT2D eigenvalue weighted by Gasteiger charge is 2.18. The number of carbonyl (C=O) groups excluding carboxylic acids is 1. The van der Waals surface area contributed by atoms with Crippen LogP contribution in [0, 0.1) is 0 Å². The molecule has 1 saturated heterocycles. The van der Waals surface area contributed by atoms with Crippen LogP contribution in [0.4, 0.5) is 5.69 Å². The largest absolute Gasteiger partial charge is 0.399 e. The van der Waals surface area contributed by atoms with Crippen molar-refractivity contribution in [3.05, 3.63) is 27.7 Å². The van der Waals surface area contributed by atoms with Gasteiger partial charge in [-0.25, -0.2) is 0 Å². The average molecular weight is 305 g/mol. The second-order valence-corrected chi connectivity index (χ2v) is 4.93. The molecule has 1 amide bonds. The van der Waals surface area contributed by atoms with E-state index in [-0.39, 0.29) is 27.6 Å². The number of hydrogen-bond donors (Lipinski definition) is 2. The number of carbonyl (C=O) groups is 1. The van der Waals surface area contributed by atoms with E-state index in [1.54, 1.807) is 0 Å². The van der Waals surface area contributed by atoms with Gasteiger partial charge in [-0.05, 0) is 12.1 Å². The zero-order chi connectivity index (χ0) is 13.8. The van der Waals surface area contributed by atoms with Crippen LogP contribution in [0.25, 0.3) is 0 Å². The number of benzene rings is 1. The molecule has 3 N–H and O–H groups in total. The summed E-state index contributed by atoms with van der Waals surface area (Å²) in [4.78, 5) is 12.0. The van der Waals surface area contributed by atoms with Crippen molar-refractivity contribution in [3.8, 4) is 0 Å². The SMILES string of the molecule is Nc1cc(Cl)c(Cl)c(C(=O)NCC2COCCO2)c1. The second-order valence-electron chi connectivity index (χ2n) is 4.14. The summed E-state index contributed by atoms with van der Waals surface area (Å²) in [6.45, 7) is 1.93. The van der Waals surface area contributed by atoms with Gasteiger partial charge in [0.15, 0.2) is 0 Å². The molecule has 1 heterocycles. The molecule has 0 bridgehead atoms. The molecule has 1 aromatic carbocycles. The molecule has 0 spiro atoms. The van der Waals surface area contributed by atoms with Gasteiger partial charge in [-0.1, -0.05) is 23.2 Å². The van der Waals surface area contributed by atoms with E-state index in [0.29, 0.717) is 32.1 Å². The zero-order valence-electron chi connectivity index (χ0n) is 10.1. The normalized spacial score (nSPS) is 19.2. The lowest BCUT2D eigenvalue weighted by Gasteiger charge is -2.23. The van der Waals surface area contributed by atoms with E-state index in [2.05, 4.69) is 5.32 Å². The standard InChI is InChI=1S/C12H14Cl2N2O3/c13-10-4-7(15)3-9(11(10)14)12(17)16-5-8-6-18-1-2-19-8/h3-4,8H,1-2,5-6,15H2,(H,16,17). The minimum atomic E-state index is -0.339. The van der Waals surface area contributed by atoms with Gasteiger partial charge >= 0.3 is 0 Å². The molecular formula is C12H14Cl2N2O3. The number of amides is 1. The summed E-state index contributed by atoms with van der Waals surface area (Å²) in [6, 6.07) is 2.99. The number of halogens is 2. The lowest BCUT2D eigenvalue weighted by molar-refractivity contribution is -0.0855. The first kappa shape index (κ1) is 14.4. The molecule has 1 aromatic rings. The van der Waals surface area contributed by atoms with Crippen molar-refractivity contribution in [3.63, 3.8) is 0 Å². The Hall–Kier alpha value is -1.01. The van der Waals surface area contributed by atoms with Gasteiger partial charge in [-0.2, -0.15) is 0 Å². The fourth-order valence-electron chi connectivity index (χ4n) is 1.73. The van der Waals surface area contributed by atoms with Gasteiger partial charge in [-0.3, -0.25) is 4.79 Å². The third kappa shape index (κ3) is 3.73. The van der Waals surface area contributed by atoms with E-state index < -0.39 is 0 Å². The molecule has 1 unspecified atom stereocenters. The van der Waals surface area contributed by atoms with E-state index in [1.165, 1.54) is 12.1 Å². The van der Waals surface area contributed by atoms with Gasteiger partial charge in [0.1, 0.15) is 0 Å². The van der Waals surface area contributed by atoms with Crippen molar-refractivity contribution in [2.24, 2.45) is 0 Å². The highest BCUT2D eigenvalue weighted by molar-refractivity contribution is 6.44. The molecule has 0 radical (unpaired) electrons. The molecule has 2 rings (SSSR count). The predicted octanol–water partition coefficient (Wildman–Crippen LogP) is 1.72. The molecule has 7 heteroatoms. The number of hydrogen-bond acceptors (Lipinski definition) is 4. The number of nitrogens with two attached hydrogens (primary N) is 1. The van der Waals surface area contributed by atoms with Crippen LogP contribution in [0.3, 0.4) is 0 Å². The number of ether oxygens (including phenoxy) is 2. The maximum Gasteiger partial charge on any atom is 0.253 e. The van der Waals surface area contributed by atoms with Crippen LogP contribution in [0.15, 0.2) is 12.1 Å². The Bertz CT molecular complexity index is 476. The Balaban J connectivity index is 1.99. The van der Waals surface area contributed by atoms with E-state index in [1.807, 2.05) is 0 Å². The van der Waals surface area contributed by atoms with Crippen molar-refractivity contribution in [1.82, 2.24) is 5.32 Å². The van der Waals surface area contributed by atoms with Crippen LogP contribution in [0.1, 0.15) is 10.4 Å². The molecule has 0 aliphatic carbocycles. The average Bonchev–Trinajstić information content (AvgIpc) is 2.41. The highest BCUT2D eigenvalue weighted by atomic mass is 35.5. The fourth-order valence-corrected chi connectivity index (χ4v) is 2.15. The zero-order valence-corrected chi connectivity index (χ0v) is 11.6. The topological polar surface area (TPSA) is 73.6 Å². The Morgan fingerprint density at radius 2 is 2.21 bits per heavy atom. The van der Waals surface area contributed by atoms with Gasteiger partial charge in [-0.15, -0.1) is 0 Å². The molecule has 5 nitrogen and oxygen atoms in total. The predicted molar refractivity (Wildman–Crippen MR) is 73.8 cm³/mol. The smallest absolute Gasteiger partial charge is 0.253 e. The number of nitrogens with one attached hydrogen (secondary N) is 1.